The van der Waals surface area contributed by atoms with Crippen LogP contribution in [-0.2, 0) is 13.1 Å². The van der Waals surface area contributed by atoms with Crippen LogP contribution in [0.25, 0.3) is 0 Å². The van der Waals surface area contributed by atoms with Gasteiger partial charge in [-0.15, -0.1) is 5.10 Å². The summed E-state index contributed by atoms with van der Waals surface area (Å²) in [7, 11) is 0. The average Bonchev–Trinajstić information content (AvgIpc) is 2.88. The van der Waals surface area contributed by atoms with Crippen molar-refractivity contribution in [3.8, 4) is 0 Å². The van der Waals surface area contributed by atoms with Gasteiger partial charge in [0.15, 0.2) is 0 Å². The first-order valence-corrected chi connectivity index (χ1v) is 5.47. The summed E-state index contributed by atoms with van der Waals surface area (Å²) in [6, 6.07) is 1.44. The van der Waals surface area contributed by atoms with Crippen molar-refractivity contribution in [2.75, 3.05) is 0 Å². The zero-order valence-corrected chi connectivity index (χ0v) is 9.71. The van der Waals surface area contributed by atoms with Gasteiger partial charge in [0.1, 0.15) is 5.69 Å². The second-order valence-electron chi connectivity index (χ2n) is 3.56. The van der Waals surface area contributed by atoms with Crippen molar-refractivity contribution in [1.82, 2.24) is 19.6 Å². The zero-order valence-electron chi connectivity index (χ0n) is 8.95. The molecule has 6 nitrogen and oxygen atoms in total. The van der Waals surface area contributed by atoms with Crippen molar-refractivity contribution >= 4 is 17.6 Å². The van der Waals surface area contributed by atoms with Crippen molar-refractivity contribution in [1.29, 1.82) is 0 Å². The Balaban J connectivity index is 1.96. The van der Waals surface area contributed by atoms with E-state index in [1.807, 2.05) is 0 Å². The van der Waals surface area contributed by atoms with E-state index in [2.05, 4.69) is 10.3 Å². The van der Waals surface area contributed by atoms with Crippen LogP contribution in [0.5, 0.6) is 0 Å². The molecule has 0 fully saturated rings. The number of rotatable bonds is 5. The lowest BCUT2D eigenvalue weighted by Crippen LogP contribution is -2.10. The van der Waals surface area contributed by atoms with E-state index in [4.69, 9.17) is 16.7 Å². The van der Waals surface area contributed by atoms with Crippen LogP contribution in [0.3, 0.4) is 0 Å². The molecule has 0 aliphatic carbocycles. The molecule has 0 unspecified atom stereocenters. The topological polar surface area (TPSA) is 72.9 Å². The number of hydrogen-bond acceptors (Lipinski definition) is 3. The van der Waals surface area contributed by atoms with E-state index in [0.717, 1.165) is 6.42 Å². The number of aromatic carboxylic acids is 1. The van der Waals surface area contributed by atoms with E-state index >= 15 is 0 Å². The maximum absolute atomic E-state index is 10.9. The molecule has 7 heteroatoms. The van der Waals surface area contributed by atoms with E-state index in [0.29, 0.717) is 18.1 Å². The Bertz CT molecular complexity index is 506. The molecule has 0 bridgehead atoms. The number of aryl methyl sites for hydroxylation is 2. The molecule has 2 rings (SSSR count). The Labute approximate surface area is 102 Å². The molecule has 17 heavy (non-hydrogen) atoms. The normalized spacial score (nSPS) is 10.6. The highest BCUT2D eigenvalue weighted by molar-refractivity contribution is 6.30. The second kappa shape index (κ2) is 5.01. The van der Waals surface area contributed by atoms with Crippen LogP contribution >= 0.6 is 11.6 Å². The van der Waals surface area contributed by atoms with Crippen molar-refractivity contribution < 1.29 is 9.90 Å². The molecule has 90 valence electrons. The van der Waals surface area contributed by atoms with Gasteiger partial charge < -0.3 is 9.67 Å². The van der Waals surface area contributed by atoms with E-state index in [9.17, 15) is 4.79 Å². The van der Waals surface area contributed by atoms with Gasteiger partial charge >= 0.3 is 5.97 Å². The molecule has 0 aromatic carbocycles. The molecule has 0 radical (unpaired) electrons. The summed E-state index contributed by atoms with van der Waals surface area (Å²) >= 11 is 5.78. The van der Waals surface area contributed by atoms with Gasteiger partial charge in [0.25, 0.3) is 0 Å². The summed E-state index contributed by atoms with van der Waals surface area (Å²) in [5.41, 5.74) is 0.202. The molecular formula is C10H11ClN4O2. The van der Waals surface area contributed by atoms with Gasteiger partial charge in [0, 0.05) is 25.5 Å². The summed E-state index contributed by atoms with van der Waals surface area (Å²) in [4.78, 5) is 10.9. The fourth-order valence-electron chi connectivity index (χ4n) is 1.59. The molecular weight excluding hydrogens is 244 g/mol. The number of carboxylic acid groups (broad SMARTS) is 1. The summed E-state index contributed by atoms with van der Waals surface area (Å²) in [6.45, 7) is 1.27. The molecule has 0 saturated heterocycles. The van der Waals surface area contributed by atoms with Gasteiger partial charge in [-0.3, -0.25) is 4.68 Å². The highest BCUT2D eigenvalue weighted by Gasteiger charge is 2.11. The minimum absolute atomic E-state index is 0.202. The molecule has 0 aliphatic rings. The van der Waals surface area contributed by atoms with Gasteiger partial charge in [-0.25, -0.2) is 4.79 Å². The predicted octanol–water partition coefficient (Wildman–Crippen LogP) is 1.52. The summed E-state index contributed by atoms with van der Waals surface area (Å²) in [5.74, 6) is -0.974. The maximum Gasteiger partial charge on any atom is 0.352 e. The third-order valence-corrected chi connectivity index (χ3v) is 2.55. The highest BCUT2D eigenvalue weighted by Crippen LogP contribution is 2.14. The van der Waals surface area contributed by atoms with Gasteiger partial charge in [-0.1, -0.05) is 16.8 Å². The average molecular weight is 255 g/mol. The standard InChI is InChI=1S/C10H11ClN4O2/c11-8-6-9(10(16)17)14(7-8)3-1-4-15-5-2-12-13-15/h2,5-7H,1,3-4H2,(H,16,17). The third-order valence-electron chi connectivity index (χ3n) is 2.34. The van der Waals surface area contributed by atoms with Crippen molar-refractivity contribution in [2.24, 2.45) is 0 Å². The first-order valence-electron chi connectivity index (χ1n) is 5.10. The highest BCUT2D eigenvalue weighted by atomic mass is 35.5. The first kappa shape index (κ1) is 11.7. The molecule has 0 spiro atoms. The van der Waals surface area contributed by atoms with Crippen LogP contribution in [-0.4, -0.2) is 30.6 Å². The number of halogens is 1. The minimum atomic E-state index is -0.974. The predicted molar refractivity (Wildman–Crippen MR) is 61.0 cm³/mol. The number of nitrogens with zero attached hydrogens (tertiary/aromatic N) is 4. The summed E-state index contributed by atoms with van der Waals surface area (Å²) in [6.07, 6.45) is 5.75. The van der Waals surface area contributed by atoms with Gasteiger partial charge in [-0.05, 0) is 12.5 Å². The minimum Gasteiger partial charge on any atom is -0.477 e. The Morgan fingerprint density at radius 2 is 2.29 bits per heavy atom. The third kappa shape index (κ3) is 2.85. The molecule has 2 aromatic rings. The lowest BCUT2D eigenvalue weighted by Gasteiger charge is -2.05. The molecule has 0 atom stereocenters. The number of carbonyl (C=O) groups is 1. The number of aromatic nitrogens is 4. The van der Waals surface area contributed by atoms with Gasteiger partial charge in [0.2, 0.25) is 0 Å². The Kier molecular flexibility index (Phi) is 3.43. The van der Waals surface area contributed by atoms with Crippen LogP contribution in [0.2, 0.25) is 5.02 Å². The SMILES string of the molecule is O=C(O)c1cc(Cl)cn1CCCn1ccnn1. The van der Waals surface area contributed by atoms with Crippen LogP contribution in [0.4, 0.5) is 0 Å². The smallest absolute Gasteiger partial charge is 0.352 e. The van der Waals surface area contributed by atoms with E-state index in [1.165, 1.54) is 6.07 Å². The lowest BCUT2D eigenvalue weighted by atomic mass is 10.4. The first-order chi connectivity index (χ1) is 8.16. The van der Waals surface area contributed by atoms with Crippen molar-refractivity contribution in [2.45, 2.75) is 19.5 Å². The van der Waals surface area contributed by atoms with Crippen molar-refractivity contribution in [3.63, 3.8) is 0 Å². The van der Waals surface area contributed by atoms with Crippen LogP contribution < -0.4 is 0 Å². The molecule has 0 aliphatic heterocycles. The van der Waals surface area contributed by atoms with Crippen molar-refractivity contribution in [3.05, 3.63) is 35.4 Å². The lowest BCUT2D eigenvalue weighted by molar-refractivity contribution is 0.0685. The number of hydrogen-bond donors (Lipinski definition) is 1. The van der Waals surface area contributed by atoms with Crippen LogP contribution in [0.1, 0.15) is 16.9 Å². The Hall–Kier alpha value is -1.82. The van der Waals surface area contributed by atoms with E-state index < -0.39 is 5.97 Å². The molecule has 0 amide bonds. The molecule has 2 heterocycles. The monoisotopic (exact) mass is 254 g/mol. The largest absolute Gasteiger partial charge is 0.477 e. The summed E-state index contributed by atoms with van der Waals surface area (Å²) in [5, 5.41) is 16.9. The maximum atomic E-state index is 10.9. The molecule has 0 saturated carbocycles. The molecule has 1 N–H and O–H groups in total. The molecule has 2 aromatic heterocycles. The van der Waals surface area contributed by atoms with Crippen LogP contribution in [0.15, 0.2) is 24.7 Å². The Morgan fingerprint density at radius 1 is 1.47 bits per heavy atom. The van der Waals surface area contributed by atoms with Crippen LogP contribution in [0, 0.1) is 0 Å². The fraction of sp³-hybridized carbons (Fsp3) is 0.300. The quantitative estimate of drug-likeness (QED) is 0.878. The summed E-state index contributed by atoms with van der Waals surface area (Å²) < 4.78 is 3.33. The fourth-order valence-corrected chi connectivity index (χ4v) is 1.81. The van der Waals surface area contributed by atoms with Gasteiger partial charge in [-0.2, -0.15) is 0 Å². The second-order valence-corrected chi connectivity index (χ2v) is 4.00. The Morgan fingerprint density at radius 3 is 2.94 bits per heavy atom. The van der Waals surface area contributed by atoms with Gasteiger partial charge in [0.05, 0.1) is 11.2 Å². The van der Waals surface area contributed by atoms with E-state index in [-0.39, 0.29) is 5.69 Å². The van der Waals surface area contributed by atoms with E-state index in [1.54, 1.807) is 27.8 Å². The number of carboxylic acids is 1. The zero-order chi connectivity index (χ0) is 12.3.